The summed E-state index contributed by atoms with van der Waals surface area (Å²) < 4.78 is 16.7. The van der Waals surface area contributed by atoms with Crippen LogP contribution in [0.3, 0.4) is 0 Å². The average Bonchev–Trinajstić information content (AvgIpc) is 2.44. The number of hydrogen-bond acceptors (Lipinski definition) is 4. The fourth-order valence-corrected chi connectivity index (χ4v) is 1.85. The summed E-state index contributed by atoms with van der Waals surface area (Å²) in [5.74, 6) is 1.72. The second-order valence-corrected chi connectivity index (χ2v) is 4.78. The van der Waals surface area contributed by atoms with Gasteiger partial charge in [-0.1, -0.05) is 19.9 Å². The molecule has 1 N–H and O–H groups in total. The van der Waals surface area contributed by atoms with E-state index in [-0.39, 0.29) is 6.10 Å². The second kappa shape index (κ2) is 9.61. The Bertz CT molecular complexity index is 382. The van der Waals surface area contributed by atoms with Gasteiger partial charge >= 0.3 is 0 Å². The van der Waals surface area contributed by atoms with Gasteiger partial charge in [0, 0.05) is 25.3 Å². The lowest BCUT2D eigenvalue weighted by atomic mass is 10.2. The van der Waals surface area contributed by atoms with Crippen molar-refractivity contribution >= 4 is 0 Å². The first-order chi connectivity index (χ1) is 9.71. The molecule has 20 heavy (non-hydrogen) atoms. The fourth-order valence-electron chi connectivity index (χ4n) is 1.85. The third-order valence-corrected chi connectivity index (χ3v) is 2.81. The second-order valence-electron chi connectivity index (χ2n) is 4.78. The van der Waals surface area contributed by atoms with Crippen molar-refractivity contribution in [3.05, 3.63) is 23.8 Å². The van der Waals surface area contributed by atoms with Crippen molar-refractivity contribution in [1.82, 2.24) is 5.32 Å². The lowest BCUT2D eigenvalue weighted by Crippen LogP contribution is -2.20. The van der Waals surface area contributed by atoms with Crippen LogP contribution in [-0.2, 0) is 11.3 Å². The molecule has 1 aromatic rings. The molecule has 0 spiro atoms. The molecular formula is C16H27NO3. The quantitative estimate of drug-likeness (QED) is 0.715. The molecule has 4 nitrogen and oxygen atoms in total. The molecule has 0 radical (unpaired) electrons. The molecule has 0 bridgehead atoms. The monoisotopic (exact) mass is 281 g/mol. The highest BCUT2D eigenvalue weighted by atomic mass is 16.5. The largest absolute Gasteiger partial charge is 0.493 e. The zero-order valence-corrected chi connectivity index (χ0v) is 13.1. The minimum atomic E-state index is 0.0156. The highest BCUT2D eigenvalue weighted by molar-refractivity contribution is 5.41. The van der Waals surface area contributed by atoms with E-state index in [1.807, 2.05) is 19.1 Å². The van der Waals surface area contributed by atoms with E-state index in [1.54, 1.807) is 7.11 Å². The van der Waals surface area contributed by atoms with Crippen molar-refractivity contribution in [3.63, 3.8) is 0 Å². The molecule has 0 heterocycles. The summed E-state index contributed by atoms with van der Waals surface area (Å²) >= 11 is 0. The Kier molecular flexibility index (Phi) is 8.07. The predicted molar refractivity (Wildman–Crippen MR) is 81.6 cm³/mol. The van der Waals surface area contributed by atoms with E-state index in [9.17, 15) is 0 Å². The van der Waals surface area contributed by atoms with Crippen molar-refractivity contribution < 1.29 is 14.2 Å². The summed E-state index contributed by atoms with van der Waals surface area (Å²) in [5, 5.41) is 3.32. The summed E-state index contributed by atoms with van der Waals surface area (Å²) in [6.07, 6.45) is 1.01. The molecule has 114 valence electrons. The van der Waals surface area contributed by atoms with Crippen LogP contribution in [0.4, 0.5) is 0 Å². The van der Waals surface area contributed by atoms with Gasteiger partial charge in [-0.25, -0.2) is 0 Å². The summed E-state index contributed by atoms with van der Waals surface area (Å²) in [7, 11) is 1.68. The van der Waals surface area contributed by atoms with Gasteiger partial charge in [0.15, 0.2) is 0 Å². The van der Waals surface area contributed by atoms with Gasteiger partial charge in [-0.2, -0.15) is 0 Å². The molecule has 1 unspecified atom stereocenters. The molecule has 0 amide bonds. The van der Waals surface area contributed by atoms with Crippen LogP contribution >= 0.6 is 0 Å². The number of hydrogen-bond donors (Lipinski definition) is 1. The fraction of sp³-hybridized carbons (Fsp3) is 0.625. The first-order valence-electron chi connectivity index (χ1n) is 7.33. The van der Waals surface area contributed by atoms with Crippen LogP contribution in [0, 0.1) is 0 Å². The number of nitrogens with one attached hydrogen (secondary N) is 1. The summed E-state index contributed by atoms with van der Waals surface area (Å²) in [4.78, 5) is 0. The molecule has 0 saturated heterocycles. The highest BCUT2D eigenvalue weighted by Crippen LogP contribution is 2.26. The minimum absolute atomic E-state index is 0.0156. The van der Waals surface area contributed by atoms with E-state index in [0.717, 1.165) is 43.2 Å². The van der Waals surface area contributed by atoms with Crippen LogP contribution in [0.2, 0.25) is 0 Å². The smallest absolute Gasteiger partial charge is 0.128 e. The van der Waals surface area contributed by atoms with Gasteiger partial charge in [-0.05, 0) is 26.0 Å². The van der Waals surface area contributed by atoms with E-state index in [0.29, 0.717) is 6.61 Å². The highest BCUT2D eigenvalue weighted by Gasteiger charge is 2.10. The van der Waals surface area contributed by atoms with Crippen LogP contribution in [0.15, 0.2) is 18.2 Å². The predicted octanol–water partition coefficient (Wildman–Crippen LogP) is 3.00. The van der Waals surface area contributed by atoms with E-state index >= 15 is 0 Å². The third-order valence-electron chi connectivity index (χ3n) is 2.81. The molecule has 0 aliphatic carbocycles. The van der Waals surface area contributed by atoms with Crippen molar-refractivity contribution in [1.29, 1.82) is 0 Å². The molecule has 0 fully saturated rings. The van der Waals surface area contributed by atoms with Crippen LogP contribution in [0.1, 0.15) is 32.8 Å². The van der Waals surface area contributed by atoms with Gasteiger partial charge in [0.25, 0.3) is 0 Å². The van der Waals surface area contributed by atoms with Crippen LogP contribution < -0.4 is 14.8 Å². The average molecular weight is 281 g/mol. The van der Waals surface area contributed by atoms with Gasteiger partial charge in [-0.3, -0.25) is 0 Å². The van der Waals surface area contributed by atoms with Gasteiger partial charge < -0.3 is 19.5 Å². The Balaban J connectivity index is 2.81. The number of benzene rings is 1. The Hall–Kier alpha value is -1.26. The Labute approximate surface area is 122 Å². The molecule has 0 saturated carbocycles. The van der Waals surface area contributed by atoms with E-state index < -0.39 is 0 Å². The molecule has 0 aliphatic heterocycles. The number of methoxy groups -OCH3 is 1. The molecule has 4 heteroatoms. The third kappa shape index (κ3) is 5.80. The van der Waals surface area contributed by atoms with Crippen LogP contribution in [-0.4, -0.2) is 33.0 Å². The first-order valence-corrected chi connectivity index (χ1v) is 7.33. The van der Waals surface area contributed by atoms with Crippen molar-refractivity contribution in [2.75, 3.05) is 26.9 Å². The standard InChI is InChI=1S/C16H27NO3/c1-5-9-19-15-8-7-14(11-17-6-2)16(10-15)20-13(3)12-18-4/h7-8,10,13,17H,5-6,9,11-12H2,1-4H3. The van der Waals surface area contributed by atoms with Crippen molar-refractivity contribution in [2.45, 2.75) is 39.8 Å². The summed E-state index contributed by atoms with van der Waals surface area (Å²) in [5.41, 5.74) is 1.14. The van der Waals surface area contributed by atoms with Gasteiger partial charge in [-0.15, -0.1) is 0 Å². The maximum absolute atomic E-state index is 5.96. The molecular weight excluding hydrogens is 254 g/mol. The van der Waals surface area contributed by atoms with Crippen molar-refractivity contribution in [2.24, 2.45) is 0 Å². The Morgan fingerprint density at radius 1 is 1.25 bits per heavy atom. The van der Waals surface area contributed by atoms with E-state index in [2.05, 4.69) is 25.2 Å². The summed E-state index contributed by atoms with van der Waals surface area (Å²) in [6.45, 7) is 9.20. The zero-order valence-electron chi connectivity index (χ0n) is 13.1. The van der Waals surface area contributed by atoms with Gasteiger partial charge in [0.05, 0.1) is 13.2 Å². The zero-order chi connectivity index (χ0) is 14.8. The first kappa shape index (κ1) is 16.8. The Morgan fingerprint density at radius 2 is 2.05 bits per heavy atom. The van der Waals surface area contributed by atoms with Crippen LogP contribution in [0.25, 0.3) is 0 Å². The van der Waals surface area contributed by atoms with Gasteiger partial charge in [0.1, 0.15) is 17.6 Å². The molecule has 0 aliphatic rings. The topological polar surface area (TPSA) is 39.7 Å². The maximum Gasteiger partial charge on any atom is 0.128 e. The van der Waals surface area contributed by atoms with Crippen LogP contribution in [0.5, 0.6) is 11.5 Å². The molecule has 0 aromatic heterocycles. The molecule has 1 atom stereocenters. The Morgan fingerprint density at radius 3 is 2.70 bits per heavy atom. The lowest BCUT2D eigenvalue weighted by Gasteiger charge is -2.18. The maximum atomic E-state index is 5.96. The number of ether oxygens (including phenoxy) is 3. The van der Waals surface area contributed by atoms with Crippen molar-refractivity contribution in [3.8, 4) is 11.5 Å². The normalized spacial score (nSPS) is 12.2. The number of rotatable bonds is 10. The van der Waals surface area contributed by atoms with E-state index in [1.165, 1.54) is 0 Å². The van der Waals surface area contributed by atoms with E-state index in [4.69, 9.17) is 14.2 Å². The molecule has 1 aromatic carbocycles. The minimum Gasteiger partial charge on any atom is -0.493 e. The summed E-state index contributed by atoms with van der Waals surface area (Å²) in [6, 6.07) is 6.02. The van der Waals surface area contributed by atoms with Gasteiger partial charge in [0.2, 0.25) is 0 Å². The molecule has 1 rings (SSSR count). The lowest BCUT2D eigenvalue weighted by molar-refractivity contribution is 0.0911. The SMILES string of the molecule is CCCOc1ccc(CNCC)c(OC(C)COC)c1.